The Morgan fingerprint density at radius 1 is 0.600 bits per heavy atom. The highest BCUT2D eigenvalue weighted by atomic mass is 16.6. The Kier molecular flexibility index (Phi) is 3.48. The second kappa shape index (κ2) is 5.59. The van der Waals surface area contributed by atoms with Crippen LogP contribution in [0.5, 0.6) is 5.75 Å². The minimum atomic E-state index is 0.678. The largest absolute Gasteiger partial charge is 0.411 e. The van der Waals surface area contributed by atoms with Crippen LogP contribution < -0.4 is 10.7 Å². The van der Waals surface area contributed by atoms with Crippen molar-refractivity contribution in [2.45, 2.75) is 0 Å². The van der Waals surface area contributed by atoms with Crippen molar-refractivity contribution in [3.63, 3.8) is 0 Å². The monoisotopic (exact) mass is 261 g/mol. The van der Waals surface area contributed by atoms with Crippen LogP contribution in [0, 0.1) is 0 Å². The fourth-order valence-corrected chi connectivity index (χ4v) is 2.39. The van der Waals surface area contributed by atoms with Gasteiger partial charge in [0.1, 0.15) is 0 Å². The van der Waals surface area contributed by atoms with Gasteiger partial charge in [-0.2, -0.15) is 5.90 Å². The molecule has 0 heterocycles. The third kappa shape index (κ3) is 2.29. The van der Waals surface area contributed by atoms with Crippen LogP contribution in [0.25, 0.3) is 22.3 Å². The van der Waals surface area contributed by atoms with Crippen LogP contribution in [0.15, 0.2) is 78.9 Å². The molecule has 0 amide bonds. The fraction of sp³-hybridized carbons (Fsp3) is 0. The molecule has 98 valence electrons. The Balaban J connectivity index is 2.26. The Hall–Kier alpha value is -2.58. The second-order valence-corrected chi connectivity index (χ2v) is 4.53. The first-order valence-corrected chi connectivity index (χ1v) is 6.51. The van der Waals surface area contributed by atoms with Crippen molar-refractivity contribution in [2.75, 3.05) is 0 Å². The first kappa shape index (κ1) is 12.5. The Morgan fingerprint density at radius 3 is 1.80 bits per heavy atom. The molecular formula is C18H15NO. The normalized spacial score (nSPS) is 10.2. The number of hydrogen-bond donors (Lipinski definition) is 1. The third-order valence-corrected chi connectivity index (χ3v) is 3.30. The van der Waals surface area contributed by atoms with Gasteiger partial charge in [-0.05, 0) is 22.8 Å². The summed E-state index contributed by atoms with van der Waals surface area (Å²) in [5.74, 6) is 6.11. The average molecular weight is 261 g/mol. The van der Waals surface area contributed by atoms with Gasteiger partial charge in [0.2, 0.25) is 0 Å². The van der Waals surface area contributed by atoms with E-state index in [1.807, 2.05) is 48.5 Å². The van der Waals surface area contributed by atoms with Crippen LogP contribution in [0.4, 0.5) is 0 Å². The standard InChI is InChI=1S/C18H15NO/c19-20-17-13-7-12-16(14-8-3-1-4-9-14)18(17)15-10-5-2-6-11-15/h1-13H,19H2. The fourth-order valence-electron chi connectivity index (χ4n) is 2.39. The van der Waals surface area contributed by atoms with E-state index in [9.17, 15) is 0 Å². The predicted molar refractivity (Wildman–Crippen MR) is 82.1 cm³/mol. The first-order chi connectivity index (χ1) is 9.90. The van der Waals surface area contributed by atoms with Crippen LogP contribution in [0.3, 0.4) is 0 Å². The molecule has 0 bridgehead atoms. The highest BCUT2D eigenvalue weighted by molar-refractivity contribution is 5.87. The molecule has 0 spiro atoms. The highest BCUT2D eigenvalue weighted by Gasteiger charge is 2.12. The van der Waals surface area contributed by atoms with Gasteiger partial charge in [0.15, 0.2) is 5.75 Å². The molecule has 0 fully saturated rings. The quantitative estimate of drug-likeness (QED) is 0.714. The zero-order valence-electron chi connectivity index (χ0n) is 11.0. The maximum Gasteiger partial charge on any atom is 0.155 e. The van der Waals surface area contributed by atoms with Crippen LogP contribution in [-0.4, -0.2) is 0 Å². The summed E-state index contributed by atoms with van der Waals surface area (Å²) < 4.78 is 0. The van der Waals surface area contributed by atoms with E-state index in [2.05, 4.69) is 30.3 Å². The molecular weight excluding hydrogens is 246 g/mol. The molecule has 0 aromatic heterocycles. The molecule has 0 saturated heterocycles. The van der Waals surface area contributed by atoms with Crippen molar-refractivity contribution in [3.8, 4) is 28.0 Å². The Morgan fingerprint density at radius 2 is 1.20 bits per heavy atom. The molecule has 0 unspecified atom stereocenters. The van der Waals surface area contributed by atoms with Gasteiger partial charge in [-0.1, -0.05) is 72.8 Å². The van der Waals surface area contributed by atoms with E-state index in [1.165, 1.54) is 0 Å². The molecule has 0 aliphatic carbocycles. The molecule has 3 aromatic carbocycles. The molecule has 0 aliphatic heterocycles. The molecule has 0 atom stereocenters. The van der Waals surface area contributed by atoms with Crippen molar-refractivity contribution >= 4 is 0 Å². The molecule has 2 N–H and O–H groups in total. The van der Waals surface area contributed by atoms with Gasteiger partial charge in [-0.25, -0.2) is 0 Å². The summed E-state index contributed by atoms with van der Waals surface area (Å²) in [5.41, 5.74) is 4.36. The lowest BCUT2D eigenvalue weighted by Crippen LogP contribution is -2.03. The summed E-state index contributed by atoms with van der Waals surface area (Å²) in [6.45, 7) is 0. The lowest BCUT2D eigenvalue weighted by molar-refractivity contribution is 0.336. The van der Waals surface area contributed by atoms with Crippen molar-refractivity contribution in [1.82, 2.24) is 0 Å². The SMILES string of the molecule is NOc1cccc(-c2ccccc2)c1-c1ccccc1. The average Bonchev–Trinajstić information content (AvgIpc) is 2.55. The van der Waals surface area contributed by atoms with Gasteiger partial charge in [-0.3, -0.25) is 0 Å². The lowest BCUT2D eigenvalue weighted by Gasteiger charge is -2.13. The van der Waals surface area contributed by atoms with Gasteiger partial charge < -0.3 is 4.84 Å². The van der Waals surface area contributed by atoms with Gasteiger partial charge in [-0.15, -0.1) is 0 Å². The van der Waals surface area contributed by atoms with Crippen molar-refractivity contribution in [3.05, 3.63) is 78.9 Å². The van der Waals surface area contributed by atoms with E-state index in [-0.39, 0.29) is 0 Å². The molecule has 20 heavy (non-hydrogen) atoms. The lowest BCUT2D eigenvalue weighted by atomic mass is 9.94. The molecule has 0 aliphatic rings. The van der Waals surface area contributed by atoms with E-state index in [0.717, 1.165) is 22.3 Å². The van der Waals surface area contributed by atoms with Gasteiger partial charge in [0, 0.05) is 5.56 Å². The minimum Gasteiger partial charge on any atom is -0.411 e. The summed E-state index contributed by atoms with van der Waals surface area (Å²) in [5, 5.41) is 0. The minimum absolute atomic E-state index is 0.678. The number of benzene rings is 3. The molecule has 0 saturated carbocycles. The number of hydrogen-bond acceptors (Lipinski definition) is 2. The first-order valence-electron chi connectivity index (χ1n) is 6.51. The zero-order chi connectivity index (χ0) is 13.8. The maximum absolute atomic E-state index is 5.43. The number of nitrogens with two attached hydrogens (primary N) is 1. The Bertz CT molecular complexity index is 693. The summed E-state index contributed by atoms with van der Waals surface area (Å²) >= 11 is 0. The van der Waals surface area contributed by atoms with E-state index in [0.29, 0.717) is 5.75 Å². The molecule has 2 nitrogen and oxygen atoms in total. The maximum atomic E-state index is 5.43. The summed E-state index contributed by atoms with van der Waals surface area (Å²) in [6, 6.07) is 26.3. The summed E-state index contributed by atoms with van der Waals surface area (Å²) in [7, 11) is 0. The van der Waals surface area contributed by atoms with E-state index < -0.39 is 0 Å². The van der Waals surface area contributed by atoms with Crippen molar-refractivity contribution in [2.24, 2.45) is 5.90 Å². The predicted octanol–water partition coefficient (Wildman–Crippen LogP) is 4.27. The van der Waals surface area contributed by atoms with Crippen LogP contribution >= 0.6 is 0 Å². The van der Waals surface area contributed by atoms with E-state index in [4.69, 9.17) is 10.7 Å². The molecule has 3 aromatic rings. The third-order valence-electron chi connectivity index (χ3n) is 3.30. The summed E-state index contributed by atoms with van der Waals surface area (Å²) in [4.78, 5) is 5.06. The van der Waals surface area contributed by atoms with Gasteiger partial charge >= 0.3 is 0 Å². The Labute approximate surface area is 118 Å². The van der Waals surface area contributed by atoms with Gasteiger partial charge in [0.05, 0.1) is 0 Å². The number of rotatable bonds is 3. The topological polar surface area (TPSA) is 35.2 Å². The second-order valence-electron chi connectivity index (χ2n) is 4.53. The highest BCUT2D eigenvalue weighted by Crippen LogP contribution is 2.38. The molecule has 2 heteroatoms. The van der Waals surface area contributed by atoms with E-state index >= 15 is 0 Å². The van der Waals surface area contributed by atoms with E-state index in [1.54, 1.807) is 0 Å². The van der Waals surface area contributed by atoms with Crippen LogP contribution in [-0.2, 0) is 0 Å². The molecule has 0 radical (unpaired) electrons. The zero-order valence-corrected chi connectivity index (χ0v) is 11.0. The van der Waals surface area contributed by atoms with Crippen LogP contribution in [0.2, 0.25) is 0 Å². The molecule has 3 rings (SSSR count). The van der Waals surface area contributed by atoms with Crippen molar-refractivity contribution in [1.29, 1.82) is 0 Å². The van der Waals surface area contributed by atoms with Crippen LogP contribution in [0.1, 0.15) is 0 Å². The smallest absolute Gasteiger partial charge is 0.155 e. The summed E-state index contributed by atoms with van der Waals surface area (Å²) in [6.07, 6.45) is 0. The van der Waals surface area contributed by atoms with Crippen molar-refractivity contribution < 1.29 is 4.84 Å². The van der Waals surface area contributed by atoms with Gasteiger partial charge in [0.25, 0.3) is 0 Å².